The van der Waals surface area contributed by atoms with Gasteiger partial charge in [0.25, 0.3) is 0 Å². The minimum Gasteiger partial charge on any atom is -0.497 e. The monoisotopic (exact) mass is 576 g/mol. The largest absolute Gasteiger partial charge is 0.497 e. The van der Waals surface area contributed by atoms with Crippen LogP contribution in [0.25, 0.3) is 11.0 Å². The minimum atomic E-state index is -0.723. The molecule has 2 amide bonds. The quantitative estimate of drug-likeness (QED) is 0.253. The Morgan fingerprint density at radius 2 is 1.45 bits per heavy atom. The highest BCUT2D eigenvalue weighted by molar-refractivity contribution is 5.94. The number of nitrogens with zero attached hydrogens (tertiary/aromatic N) is 3. The highest BCUT2D eigenvalue weighted by Crippen LogP contribution is 2.24. The lowest BCUT2D eigenvalue weighted by Crippen LogP contribution is -2.41. The Labute approximate surface area is 241 Å². The Kier molecular flexibility index (Phi) is 9.15. The lowest BCUT2D eigenvalue weighted by molar-refractivity contribution is -0.136. The van der Waals surface area contributed by atoms with Gasteiger partial charge >= 0.3 is 11.7 Å². The molecule has 1 aromatic heterocycles. The average Bonchev–Trinajstić information content (AvgIpc) is 3.25. The van der Waals surface area contributed by atoms with Crippen molar-refractivity contribution in [3.63, 3.8) is 0 Å². The molecule has 0 spiro atoms. The van der Waals surface area contributed by atoms with E-state index in [0.717, 1.165) is 5.56 Å². The number of nitrogens with two attached hydrogens (primary N) is 1. The van der Waals surface area contributed by atoms with Crippen LogP contribution < -0.4 is 25.6 Å². The molecule has 0 radical (unpaired) electrons. The van der Waals surface area contributed by atoms with Crippen LogP contribution in [0.4, 0.5) is 0 Å². The van der Waals surface area contributed by atoms with Gasteiger partial charge in [-0.1, -0.05) is 12.1 Å². The number of carbonyl (C=O) groups is 3. The Morgan fingerprint density at radius 3 is 2.07 bits per heavy atom. The van der Waals surface area contributed by atoms with Crippen molar-refractivity contribution in [1.82, 2.24) is 14.0 Å². The van der Waals surface area contributed by atoms with Gasteiger partial charge in [-0.2, -0.15) is 0 Å². The van der Waals surface area contributed by atoms with Crippen molar-refractivity contribution in [2.75, 3.05) is 35.0 Å². The van der Waals surface area contributed by atoms with Gasteiger partial charge in [0.1, 0.15) is 23.8 Å². The molecule has 4 rings (SSSR count). The summed E-state index contributed by atoms with van der Waals surface area (Å²) >= 11 is 0. The fourth-order valence-electron chi connectivity index (χ4n) is 4.66. The van der Waals surface area contributed by atoms with Crippen molar-refractivity contribution in [2.45, 2.75) is 19.6 Å². The Balaban J connectivity index is 1.76. The van der Waals surface area contributed by atoms with Crippen molar-refractivity contribution in [1.29, 1.82) is 0 Å². The number of ether oxygens (including phenoxy) is 4. The maximum atomic E-state index is 13.8. The third kappa shape index (κ3) is 6.54. The molecule has 12 nitrogen and oxygen atoms in total. The fraction of sp³-hybridized carbons (Fsp3) is 0.267. The first kappa shape index (κ1) is 29.7. The number of methoxy groups -OCH3 is 4. The maximum Gasteiger partial charge on any atom is 0.337 e. The summed E-state index contributed by atoms with van der Waals surface area (Å²) in [6, 6.07) is 17.0. The molecule has 0 atom stereocenters. The van der Waals surface area contributed by atoms with Crippen molar-refractivity contribution in [2.24, 2.45) is 5.73 Å². The SMILES string of the molecule is COC(=O)c1ccc2c(c1)n(CC(=O)N(CC(N)=O)Cc1cc(OC)cc(OC)c1)c(=O)n2Cc1cccc(OC)c1. The van der Waals surface area contributed by atoms with Crippen LogP contribution in [0.3, 0.4) is 0 Å². The van der Waals surface area contributed by atoms with Gasteiger partial charge in [0.15, 0.2) is 0 Å². The van der Waals surface area contributed by atoms with E-state index in [0.29, 0.717) is 33.8 Å². The van der Waals surface area contributed by atoms with E-state index in [2.05, 4.69) is 0 Å². The van der Waals surface area contributed by atoms with E-state index in [1.165, 1.54) is 41.4 Å². The van der Waals surface area contributed by atoms with Crippen LogP contribution in [0.5, 0.6) is 17.2 Å². The standard InChI is InChI=1S/C30H32N4O8/c1-39-22-7-5-6-19(10-22)16-33-25-9-8-21(29(37)42-4)13-26(25)34(30(33)38)18-28(36)32(17-27(31)35)15-20-11-23(40-2)14-24(12-20)41-3/h5-14H,15-18H2,1-4H3,(H2,31,35). The lowest BCUT2D eigenvalue weighted by Gasteiger charge is -2.22. The van der Waals surface area contributed by atoms with Crippen LogP contribution in [-0.2, 0) is 34.0 Å². The van der Waals surface area contributed by atoms with Crippen LogP contribution >= 0.6 is 0 Å². The minimum absolute atomic E-state index is 0.0000541. The molecule has 0 bridgehead atoms. The summed E-state index contributed by atoms with van der Waals surface area (Å²) in [5, 5.41) is 0. The van der Waals surface area contributed by atoms with E-state index >= 15 is 0 Å². The molecular formula is C30H32N4O8. The van der Waals surface area contributed by atoms with E-state index in [-0.39, 0.29) is 25.2 Å². The van der Waals surface area contributed by atoms with E-state index < -0.39 is 30.0 Å². The number of benzene rings is 3. The molecule has 0 aliphatic rings. The van der Waals surface area contributed by atoms with Gasteiger partial charge in [-0.3, -0.25) is 18.7 Å². The van der Waals surface area contributed by atoms with Gasteiger partial charge in [0, 0.05) is 12.6 Å². The zero-order valence-corrected chi connectivity index (χ0v) is 23.8. The normalized spacial score (nSPS) is 10.8. The van der Waals surface area contributed by atoms with Crippen molar-refractivity contribution in [3.05, 3.63) is 87.8 Å². The Morgan fingerprint density at radius 1 is 0.786 bits per heavy atom. The second-order valence-corrected chi connectivity index (χ2v) is 9.44. The molecule has 0 saturated heterocycles. The molecule has 0 fully saturated rings. The van der Waals surface area contributed by atoms with Gasteiger partial charge in [-0.25, -0.2) is 9.59 Å². The summed E-state index contributed by atoms with van der Waals surface area (Å²) in [5.41, 5.74) is 7.48. The number of aromatic nitrogens is 2. The number of amides is 2. The van der Waals surface area contributed by atoms with Crippen molar-refractivity contribution in [3.8, 4) is 17.2 Å². The first-order valence-corrected chi connectivity index (χ1v) is 12.9. The molecule has 0 unspecified atom stereocenters. The van der Waals surface area contributed by atoms with Crippen LogP contribution in [0, 0.1) is 0 Å². The zero-order valence-electron chi connectivity index (χ0n) is 23.8. The predicted octanol–water partition coefficient (Wildman–Crippen LogP) is 2.18. The number of hydrogen-bond donors (Lipinski definition) is 1. The zero-order chi connectivity index (χ0) is 30.4. The number of carbonyl (C=O) groups excluding carboxylic acids is 3. The number of imidazole rings is 1. The Hall–Kier alpha value is -5.26. The second-order valence-electron chi connectivity index (χ2n) is 9.44. The number of rotatable bonds is 12. The fourth-order valence-corrected chi connectivity index (χ4v) is 4.66. The molecule has 1 heterocycles. The molecule has 0 saturated carbocycles. The summed E-state index contributed by atoms with van der Waals surface area (Å²) in [6.45, 7) is -0.623. The average molecular weight is 577 g/mol. The first-order chi connectivity index (χ1) is 20.2. The van der Waals surface area contributed by atoms with E-state index in [9.17, 15) is 19.2 Å². The van der Waals surface area contributed by atoms with Gasteiger partial charge in [0.05, 0.1) is 58.1 Å². The number of primary amides is 1. The molecule has 4 aromatic rings. The lowest BCUT2D eigenvalue weighted by atomic mass is 10.1. The summed E-state index contributed by atoms with van der Waals surface area (Å²) in [6.07, 6.45) is 0. The summed E-state index contributed by atoms with van der Waals surface area (Å²) in [5.74, 6) is -0.222. The second kappa shape index (κ2) is 12.9. The van der Waals surface area contributed by atoms with Crippen LogP contribution in [-0.4, -0.2) is 66.8 Å². The van der Waals surface area contributed by atoms with Crippen LogP contribution in [0.2, 0.25) is 0 Å². The molecule has 0 aliphatic heterocycles. The summed E-state index contributed by atoms with van der Waals surface area (Å²) < 4.78 is 23.6. The molecule has 0 aliphatic carbocycles. The Bertz CT molecular complexity index is 1670. The predicted molar refractivity (Wildman–Crippen MR) is 154 cm³/mol. The maximum absolute atomic E-state index is 13.8. The molecule has 42 heavy (non-hydrogen) atoms. The van der Waals surface area contributed by atoms with Gasteiger partial charge in [0.2, 0.25) is 11.8 Å². The highest BCUT2D eigenvalue weighted by atomic mass is 16.5. The van der Waals surface area contributed by atoms with Gasteiger partial charge in [-0.15, -0.1) is 0 Å². The van der Waals surface area contributed by atoms with Crippen LogP contribution in [0.1, 0.15) is 21.5 Å². The smallest absolute Gasteiger partial charge is 0.337 e. The number of fused-ring (bicyclic) bond motifs is 1. The molecule has 220 valence electrons. The van der Waals surface area contributed by atoms with E-state index in [4.69, 9.17) is 24.7 Å². The molecule has 2 N–H and O–H groups in total. The molecule has 3 aromatic carbocycles. The molecular weight excluding hydrogens is 544 g/mol. The van der Waals surface area contributed by atoms with Gasteiger partial charge in [-0.05, 0) is 53.6 Å². The van der Waals surface area contributed by atoms with Crippen LogP contribution in [0.15, 0.2) is 65.5 Å². The van der Waals surface area contributed by atoms with E-state index in [1.54, 1.807) is 49.6 Å². The third-order valence-electron chi connectivity index (χ3n) is 6.69. The summed E-state index contributed by atoms with van der Waals surface area (Å²) in [4.78, 5) is 52.9. The van der Waals surface area contributed by atoms with Crippen molar-refractivity contribution < 1.29 is 33.3 Å². The molecule has 12 heteroatoms. The third-order valence-corrected chi connectivity index (χ3v) is 6.69. The van der Waals surface area contributed by atoms with Crippen molar-refractivity contribution >= 4 is 28.8 Å². The van der Waals surface area contributed by atoms with Gasteiger partial charge < -0.3 is 29.6 Å². The van der Waals surface area contributed by atoms with E-state index in [1.807, 2.05) is 12.1 Å². The number of esters is 1. The number of hydrogen-bond acceptors (Lipinski definition) is 8. The highest BCUT2D eigenvalue weighted by Gasteiger charge is 2.23. The topological polar surface area (TPSA) is 144 Å². The summed E-state index contributed by atoms with van der Waals surface area (Å²) in [7, 11) is 5.81. The first-order valence-electron chi connectivity index (χ1n) is 12.9.